The van der Waals surface area contributed by atoms with Crippen LogP contribution in [0.25, 0.3) is 55.6 Å². The lowest BCUT2D eigenvalue weighted by molar-refractivity contribution is 0.0492. The standard InChI is InChI=1S/C39H48N8O2.3C2H6/c1-22(24(3)40)8-18-36-44-32-12-10-26(20-34(32)46-36)28-14-16-31-30(42-28)17-15-29(43-31)27-11-13-33-35(21-27)47-37(45-33)19-9-23(2)25(4)41-38(48)49-39(5,6)7;3*1-2/h10-17,20-25H,8-9,18-19,40H2,1-7H3,(H,41,48)(H,44,46)(H,45,47);3*1-2H3/t22-,23?,24?,25-;;;/m1.../s1. The Hall–Kier alpha value is -4.83. The van der Waals surface area contributed by atoms with Crippen LogP contribution < -0.4 is 11.1 Å². The number of nitrogens with one attached hydrogen (secondary N) is 3. The molecule has 0 saturated heterocycles. The van der Waals surface area contributed by atoms with Gasteiger partial charge in [0.15, 0.2) is 0 Å². The number of imidazole rings is 2. The van der Waals surface area contributed by atoms with Crippen molar-refractivity contribution in [3.63, 3.8) is 0 Å². The van der Waals surface area contributed by atoms with Gasteiger partial charge in [-0.1, -0.05) is 67.5 Å². The minimum Gasteiger partial charge on any atom is -0.444 e. The molecule has 298 valence electrons. The van der Waals surface area contributed by atoms with E-state index in [0.29, 0.717) is 5.92 Å². The van der Waals surface area contributed by atoms with Gasteiger partial charge in [-0.2, -0.15) is 0 Å². The summed E-state index contributed by atoms with van der Waals surface area (Å²) in [7, 11) is 0. The number of amides is 1. The van der Waals surface area contributed by atoms with Crippen molar-refractivity contribution in [2.24, 2.45) is 17.6 Å². The number of carbonyl (C=O) groups is 1. The van der Waals surface area contributed by atoms with Gasteiger partial charge in [-0.05, 0) is 108 Å². The third-order valence-corrected chi connectivity index (χ3v) is 9.36. The molecule has 0 aliphatic carbocycles. The van der Waals surface area contributed by atoms with Crippen LogP contribution in [-0.4, -0.2) is 53.7 Å². The molecule has 0 aliphatic heterocycles. The third kappa shape index (κ3) is 12.3. The molecule has 0 bridgehead atoms. The Morgan fingerprint density at radius 3 is 1.49 bits per heavy atom. The molecule has 2 unspecified atom stereocenters. The molecule has 0 saturated carbocycles. The van der Waals surface area contributed by atoms with Crippen molar-refractivity contribution in [2.45, 2.75) is 133 Å². The number of rotatable bonds is 11. The first-order valence-electron chi connectivity index (χ1n) is 20.3. The van der Waals surface area contributed by atoms with Gasteiger partial charge in [0.25, 0.3) is 0 Å². The maximum Gasteiger partial charge on any atom is 0.407 e. The predicted molar refractivity (Wildman–Crippen MR) is 231 cm³/mol. The van der Waals surface area contributed by atoms with Crippen molar-refractivity contribution < 1.29 is 9.53 Å². The second-order valence-electron chi connectivity index (χ2n) is 14.6. The molecule has 10 heteroatoms. The number of benzene rings is 2. The fourth-order valence-corrected chi connectivity index (χ4v) is 5.89. The number of H-pyrrole nitrogens is 2. The average Bonchev–Trinajstić information content (AvgIpc) is 3.80. The van der Waals surface area contributed by atoms with E-state index >= 15 is 0 Å². The molecule has 4 aromatic heterocycles. The van der Waals surface area contributed by atoms with Crippen molar-refractivity contribution in [3.05, 3.63) is 72.3 Å². The van der Waals surface area contributed by atoms with Gasteiger partial charge in [0.05, 0.1) is 44.5 Å². The molecule has 1 amide bonds. The van der Waals surface area contributed by atoms with Gasteiger partial charge in [0.2, 0.25) is 0 Å². The Morgan fingerprint density at radius 1 is 0.655 bits per heavy atom. The summed E-state index contributed by atoms with van der Waals surface area (Å²) < 4.78 is 5.40. The first-order valence-corrected chi connectivity index (χ1v) is 20.3. The SMILES string of the molecule is CC.CC.CC.CC(N)[C@H](C)CCc1nc2ccc(-c3ccc4nc(-c5ccc6nc(CCC(C)[C@@H](C)NC(=O)OC(C)(C)C)[nH]c6c5)ccc4n3)cc2[nH]1. The first kappa shape index (κ1) is 44.6. The smallest absolute Gasteiger partial charge is 0.407 e. The summed E-state index contributed by atoms with van der Waals surface area (Å²) in [6.45, 7) is 26.0. The quantitative estimate of drug-likeness (QED) is 0.103. The largest absolute Gasteiger partial charge is 0.444 e. The van der Waals surface area contributed by atoms with E-state index in [2.05, 4.69) is 66.4 Å². The number of aromatic amines is 2. The number of aromatic nitrogens is 6. The highest BCUT2D eigenvalue weighted by atomic mass is 16.6. The van der Waals surface area contributed by atoms with Crippen LogP contribution >= 0.6 is 0 Å². The lowest BCUT2D eigenvalue weighted by Gasteiger charge is -2.24. The third-order valence-electron chi connectivity index (χ3n) is 9.36. The lowest BCUT2D eigenvalue weighted by atomic mass is 9.98. The second-order valence-corrected chi connectivity index (χ2v) is 14.6. The normalized spacial score (nSPS) is 13.3. The number of nitrogens with two attached hydrogens (primary N) is 1. The molecule has 5 N–H and O–H groups in total. The summed E-state index contributed by atoms with van der Waals surface area (Å²) >= 11 is 0. The summed E-state index contributed by atoms with van der Waals surface area (Å²) in [5, 5.41) is 2.96. The zero-order valence-corrected chi connectivity index (χ0v) is 35.6. The van der Waals surface area contributed by atoms with Crippen LogP contribution in [0.2, 0.25) is 0 Å². The fraction of sp³-hybridized carbons (Fsp3) is 0.489. The number of alkyl carbamates (subject to hydrolysis) is 1. The molecule has 6 aromatic rings. The van der Waals surface area contributed by atoms with Gasteiger partial charge >= 0.3 is 6.09 Å². The first-order chi connectivity index (χ1) is 26.3. The minimum absolute atomic E-state index is 0.0199. The Morgan fingerprint density at radius 2 is 1.07 bits per heavy atom. The molecular formula is C45H66N8O2. The average molecular weight is 751 g/mol. The highest BCUT2D eigenvalue weighted by Gasteiger charge is 2.21. The molecule has 0 aliphatic rings. The van der Waals surface area contributed by atoms with E-state index in [1.54, 1.807) is 0 Å². The summed E-state index contributed by atoms with van der Waals surface area (Å²) in [6.07, 6.45) is 3.13. The minimum atomic E-state index is -0.520. The van der Waals surface area contributed by atoms with Crippen LogP contribution in [0.15, 0.2) is 60.7 Å². The molecule has 0 radical (unpaired) electrons. The maximum absolute atomic E-state index is 12.2. The van der Waals surface area contributed by atoms with E-state index in [0.717, 1.165) is 92.9 Å². The van der Waals surface area contributed by atoms with Crippen LogP contribution in [0.3, 0.4) is 0 Å². The lowest BCUT2D eigenvalue weighted by Crippen LogP contribution is -2.40. The van der Waals surface area contributed by atoms with Gasteiger partial charge in [0, 0.05) is 36.1 Å². The molecule has 0 fully saturated rings. The zero-order chi connectivity index (χ0) is 40.9. The van der Waals surface area contributed by atoms with E-state index in [9.17, 15) is 4.79 Å². The van der Waals surface area contributed by atoms with Crippen molar-refractivity contribution in [3.8, 4) is 22.5 Å². The van der Waals surface area contributed by atoms with Gasteiger partial charge in [-0.25, -0.2) is 24.7 Å². The number of nitrogens with zero attached hydrogens (tertiary/aromatic N) is 4. The van der Waals surface area contributed by atoms with Crippen LogP contribution in [0.1, 0.15) is 114 Å². The number of aryl methyl sites for hydroxylation is 2. The molecule has 10 nitrogen and oxygen atoms in total. The van der Waals surface area contributed by atoms with E-state index in [1.165, 1.54) is 0 Å². The van der Waals surface area contributed by atoms with E-state index in [4.69, 9.17) is 30.4 Å². The van der Waals surface area contributed by atoms with Crippen molar-refractivity contribution >= 4 is 39.2 Å². The molecular weight excluding hydrogens is 685 g/mol. The number of hydrogen-bond acceptors (Lipinski definition) is 7. The number of fused-ring (bicyclic) bond motifs is 3. The number of ether oxygens (including phenoxy) is 1. The monoisotopic (exact) mass is 751 g/mol. The van der Waals surface area contributed by atoms with E-state index in [1.807, 2.05) is 99.6 Å². The second kappa shape index (κ2) is 20.7. The Labute approximate surface area is 328 Å². The van der Waals surface area contributed by atoms with Crippen LogP contribution in [0.5, 0.6) is 0 Å². The number of carbonyl (C=O) groups excluding carboxylic acids is 1. The number of hydrogen-bond donors (Lipinski definition) is 4. The van der Waals surface area contributed by atoms with Gasteiger partial charge in [-0.3, -0.25) is 0 Å². The van der Waals surface area contributed by atoms with Crippen LogP contribution in [-0.2, 0) is 17.6 Å². The van der Waals surface area contributed by atoms with Gasteiger partial charge in [0.1, 0.15) is 17.2 Å². The molecule has 0 spiro atoms. The van der Waals surface area contributed by atoms with E-state index < -0.39 is 5.60 Å². The fourth-order valence-electron chi connectivity index (χ4n) is 5.89. The molecule has 2 aromatic carbocycles. The molecule has 55 heavy (non-hydrogen) atoms. The Balaban J connectivity index is 0.00000129. The summed E-state index contributed by atoms with van der Waals surface area (Å²) in [5.41, 5.74) is 14.9. The maximum atomic E-state index is 12.2. The van der Waals surface area contributed by atoms with Gasteiger partial charge in [-0.15, -0.1) is 0 Å². The van der Waals surface area contributed by atoms with Crippen molar-refractivity contribution in [1.82, 2.24) is 35.2 Å². The summed E-state index contributed by atoms with van der Waals surface area (Å²) in [6, 6.07) is 20.7. The molecule has 4 atom stereocenters. The summed E-state index contributed by atoms with van der Waals surface area (Å²) in [4.78, 5) is 38.6. The zero-order valence-electron chi connectivity index (χ0n) is 35.6. The highest BCUT2D eigenvalue weighted by Crippen LogP contribution is 2.28. The van der Waals surface area contributed by atoms with Crippen LogP contribution in [0, 0.1) is 11.8 Å². The van der Waals surface area contributed by atoms with Gasteiger partial charge < -0.3 is 25.8 Å². The summed E-state index contributed by atoms with van der Waals surface area (Å²) in [5.74, 6) is 2.60. The molecule has 4 heterocycles. The van der Waals surface area contributed by atoms with E-state index in [-0.39, 0.29) is 24.1 Å². The predicted octanol–water partition coefficient (Wildman–Crippen LogP) is 11.2. The highest BCUT2D eigenvalue weighted by molar-refractivity contribution is 5.86. The van der Waals surface area contributed by atoms with Crippen molar-refractivity contribution in [1.29, 1.82) is 0 Å². The Kier molecular flexibility index (Phi) is 16.8. The van der Waals surface area contributed by atoms with Crippen molar-refractivity contribution in [2.75, 3.05) is 0 Å². The topological polar surface area (TPSA) is 147 Å². The number of pyridine rings is 2. The molecule has 6 rings (SSSR count). The Bertz CT molecular complexity index is 2090. The van der Waals surface area contributed by atoms with Crippen LogP contribution in [0.4, 0.5) is 4.79 Å².